The Morgan fingerprint density at radius 1 is 1.53 bits per heavy atom. The summed E-state index contributed by atoms with van der Waals surface area (Å²) in [5.74, 6) is 0.161. The van der Waals surface area contributed by atoms with E-state index in [0.717, 1.165) is 35.0 Å². The predicted molar refractivity (Wildman–Crippen MR) is 79.7 cm³/mol. The van der Waals surface area contributed by atoms with E-state index in [9.17, 15) is 4.79 Å². The normalized spacial score (nSPS) is 18.3. The molecular weight excluding hydrogens is 256 g/mol. The fourth-order valence-corrected chi connectivity index (χ4v) is 3.44. The quantitative estimate of drug-likeness (QED) is 0.771. The molecular formula is C15H22N2OS. The summed E-state index contributed by atoms with van der Waals surface area (Å²) in [6.07, 6.45) is 8.52. The lowest BCUT2D eigenvalue weighted by atomic mass is 10.1. The number of aromatic nitrogens is 1. The van der Waals surface area contributed by atoms with E-state index in [1.54, 1.807) is 0 Å². The van der Waals surface area contributed by atoms with Crippen molar-refractivity contribution in [3.8, 4) is 0 Å². The number of amides is 1. The van der Waals surface area contributed by atoms with Crippen molar-refractivity contribution in [1.29, 1.82) is 0 Å². The van der Waals surface area contributed by atoms with E-state index in [4.69, 9.17) is 0 Å². The minimum atomic E-state index is 0.161. The molecule has 0 aromatic carbocycles. The van der Waals surface area contributed by atoms with E-state index in [1.165, 1.54) is 24.2 Å². The van der Waals surface area contributed by atoms with Gasteiger partial charge < -0.3 is 4.90 Å². The van der Waals surface area contributed by atoms with Gasteiger partial charge >= 0.3 is 0 Å². The zero-order valence-corrected chi connectivity index (χ0v) is 12.8. The SMILES string of the molecule is CCCC[C@H]1C=CCN1C(=O)c1sc(C)nc1CC. The smallest absolute Gasteiger partial charge is 0.266 e. The maximum atomic E-state index is 12.7. The van der Waals surface area contributed by atoms with Crippen molar-refractivity contribution in [3.63, 3.8) is 0 Å². The third kappa shape index (κ3) is 3.06. The van der Waals surface area contributed by atoms with E-state index >= 15 is 0 Å². The Morgan fingerprint density at radius 2 is 2.32 bits per heavy atom. The zero-order chi connectivity index (χ0) is 13.8. The van der Waals surface area contributed by atoms with Crippen LogP contribution in [0.4, 0.5) is 0 Å². The zero-order valence-electron chi connectivity index (χ0n) is 12.0. The average Bonchev–Trinajstić information content (AvgIpc) is 3.01. The lowest BCUT2D eigenvalue weighted by Crippen LogP contribution is -2.36. The first-order chi connectivity index (χ1) is 9.17. The van der Waals surface area contributed by atoms with E-state index in [0.29, 0.717) is 0 Å². The van der Waals surface area contributed by atoms with Crippen LogP contribution < -0.4 is 0 Å². The van der Waals surface area contributed by atoms with Gasteiger partial charge in [-0.2, -0.15) is 0 Å². The second kappa shape index (κ2) is 6.33. The maximum absolute atomic E-state index is 12.7. The van der Waals surface area contributed by atoms with Gasteiger partial charge in [0.1, 0.15) is 4.88 Å². The molecule has 1 aromatic rings. The number of aryl methyl sites for hydroxylation is 2. The molecule has 0 spiro atoms. The van der Waals surface area contributed by atoms with Crippen LogP contribution in [-0.4, -0.2) is 28.4 Å². The molecule has 0 aliphatic carbocycles. The number of nitrogens with zero attached hydrogens (tertiary/aromatic N) is 2. The van der Waals surface area contributed by atoms with E-state index in [2.05, 4.69) is 31.0 Å². The van der Waals surface area contributed by atoms with Crippen LogP contribution in [0.15, 0.2) is 12.2 Å². The average molecular weight is 278 g/mol. The minimum Gasteiger partial charge on any atom is -0.328 e. The molecule has 1 aromatic heterocycles. The molecule has 0 saturated carbocycles. The molecule has 1 atom stereocenters. The van der Waals surface area contributed by atoms with Gasteiger partial charge in [-0.1, -0.05) is 38.8 Å². The largest absolute Gasteiger partial charge is 0.328 e. The van der Waals surface area contributed by atoms with Gasteiger partial charge in [-0.25, -0.2) is 4.98 Å². The van der Waals surface area contributed by atoms with Crippen LogP contribution in [0.25, 0.3) is 0 Å². The third-order valence-corrected chi connectivity index (χ3v) is 4.51. The lowest BCUT2D eigenvalue weighted by molar-refractivity contribution is 0.0747. The third-order valence-electron chi connectivity index (χ3n) is 3.51. The van der Waals surface area contributed by atoms with Crippen molar-refractivity contribution in [2.75, 3.05) is 6.54 Å². The van der Waals surface area contributed by atoms with Crippen LogP contribution in [0.1, 0.15) is 53.5 Å². The second-order valence-corrected chi connectivity index (χ2v) is 6.16. The molecule has 0 bridgehead atoms. The van der Waals surface area contributed by atoms with Gasteiger partial charge in [0.15, 0.2) is 0 Å². The number of hydrogen-bond acceptors (Lipinski definition) is 3. The summed E-state index contributed by atoms with van der Waals surface area (Å²) in [5, 5.41) is 0.984. The molecule has 0 N–H and O–H groups in total. The van der Waals surface area contributed by atoms with Crippen LogP contribution in [0.5, 0.6) is 0 Å². The fourth-order valence-electron chi connectivity index (χ4n) is 2.48. The second-order valence-electron chi connectivity index (χ2n) is 4.96. The van der Waals surface area contributed by atoms with Gasteiger partial charge in [-0.05, 0) is 19.8 Å². The molecule has 3 nitrogen and oxygen atoms in total. The summed E-state index contributed by atoms with van der Waals surface area (Å²) in [6.45, 7) is 6.96. The maximum Gasteiger partial charge on any atom is 0.266 e. The Bertz CT molecular complexity index is 478. The Balaban J connectivity index is 2.14. The number of carbonyl (C=O) groups is 1. The lowest BCUT2D eigenvalue weighted by Gasteiger charge is -2.24. The molecule has 0 unspecified atom stereocenters. The van der Waals surface area contributed by atoms with Crippen LogP contribution in [0, 0.1) is 6.92 Å². The highest BCUT2D eigenvalue weighted by molar-refractivity contribution is 7.13. The molecule has 1 aliphatic rings. The first kappa shape index (κ1) is 14.3. The van der Waals surface area contributed by atoms with Crippen molar-refractivity contribution in [1.82, 2.24) is 9.88 Å². The summed E-state index contributed by atoms with van der Waals surface area (Å²) in [4.78, 5) is 20.0. The van der Waals surface area contributed by atoms with Crippen LogP contribution in [-0.2, 0) is 6.42 Å². The number of rotatable bonds is 5. The van der Waals surface area contributed by atoms with Crippen LogP contribution >= 0.6 is 11.3 Å². The topological polar surface area (TPSA) is 33.2 Å². The number of unbranched alkanes of at least 4 members (excludes halogenated alkanes) is 1. The number of carbonyl (C=O) groups excluding carboxylic acids is 1. The summed E-state index contributed by atoms with van der Waals surface area (Å²) in [5.41, 5.74) is 0.952. The fraction of sp³-hybridized carbons (Fsp3) is 0.600. The van der Waals surface area contributed by atoms with Gasteiger partial charge in [0.2, 0.25) is 0 Å². The minimum absolute atomic E-state index is 0.161. The Morgan fingerprint density at radius 3 is 3.00 bits per heavy atom. The number of thiazole rings is 1. The highest BCUT2D eigenvalue weighted by Gasteiger charge is 2.28. The summed E-state index contributed by atoms with van der Waals surface area (Å²) < 4.78 is 0. The van der Waals surface area contributed by atoms with Gasteiger partial charge in [-0.3, -0.25) is 4.79 Å². The summed E-state index contributed by atoms with van der Waals surface area (Å²) in [7, 11) is 0. The molecule has 0 radical (unpaired) electrons. The molecule has 2 rings (SSSR count). The van der Waals surface area contributed by atoms with Gasteiger partial charge in [0.05, 0.1) is 16.7 Å². The first-order valence-electron chi connectivity index (χ1n) is 7.11. The van der Waals surface area contributed by atoms with Crippen molar-refractivity contribution in [2.24, 2.45) is 0 Å². The molecule has 1 amide bonds. The summed E-state index contributed by atoms with van der Waals surface area (Å²) in [6, 6.07) is 0.277. The molecule has 2 heterocycles. The molecule has 1 aliphatic heterocycles. The van der Waals surface area contributed by atoms with E-state index in [1.807, 2.05) is 11.8 Å². The Hall–Kier alpha value is -1.16. The highest BCUT2D eigenvalue weighted by atomic mass is 32.1. The highest BCUT2D eigenvalue weighted by Crippen LogP contribution is 2.25. The predicted octanol–water partition coefficient (Wildman–Crippen LogP) is 3.58. The van der Waals surface area contributed by atoms with Gasteiger partial charge in [-0.15, -0.1) is 11.3 Å². The van der Waals surface area contributed by atoms with Crippen molar-refractivity contribution < 1.29 is 4.79 Å². The molecule has 0 saturated heterocycles. The Kier molecular flexibility index (Phi) is 4.75. The van der Waals surface area contributed by atoms with E-state index in [-0.39, 0.29) is 11.9 Å². The standard InChI is InChI=1S/C15H22N2OS/c1-4-6-8-12-9-7-10-17(12)15(18)14-13(5-2)16-11(3)19-14/h7,9,12H,4-6,8,10H2,1-3H3/t12-/m0/s1. The van der Waals surface area contributed by atoms with Crippen molar-refractivity contribution in [2.45, 2.75) is 52.5 Å². The van der Waals surface area contributed by atoms with Crippen molar-refractivity contribution in [3.05, 3.63) is 27.7 Å². The number of hydrogen-bond donors (Lipinski definition) is 0. The molecule has 4 heteroatoms. The molecule has 104 valence electrons. The molecule has 19 heavy (non-hydrogen) atoms. The summed E-state index contributed by atoms with van der Waals surface area (Å²) >= 11 is 1.53. The first-order valence-corrected chi connectivity index (χ1v) is 7.93. The van der Waals surface area contributed by atoms with Crippen molar-refractivity contribution >= 4 is 17.2 Å². The Labute approximate surface area is 119 Å². The monoisotopic (exact) mass is 278 g/mol. The molecule has 0 fully saturated rings. The van der Waals surface area contributed by atoms with Crippen LogP contribution in [0.2, 0.25) is 0 Å². The van der Waals surface area contributed by atoms with Gasteiger partial charge in [0, 0.05) is 6.54 Å². The van der Waals surface area contributed by atoms with E-state index < -0.39 is 0 Å². The van der Waals surface area contributed by atoms with Gasteiger partial charge in [0.25, 0.3) is 5.91 Å². The van der Waals surface area contributed by atoms with Crippen LogP contribution in [0.3, 0.4) is 0 Å².